The maximum absolute atomic E-state index is 12.2. The van der Waals surface area contributed by atoms with Crippen LogP contribution in [0.25, 0.3) is 0 Å². The lowest BCUT2D eigenvalue weighted by Gasteiger charge is -2.60. The Bertz CT molecular complexity index is 652. The third kappa shape index (κ3) is 2.26. The molecule has 0 aromatic heterocycles. The molecule has 0 aromatic rings. The topological polar surface area (TPSA) is 74.6 Å². The number of ketones is 2. The monoisotopic (exact) mass is 346 g/mol. The lowest BCUT2D eigenvalue weighted by molar-refractivity contribution is -0.152. The van der Waals surface area contributed by atoms with Crippen molar-refractivity contribution in [1.29, 1.82) is 0 Å². The van der Waals surface area contributed by atoms with Crippen molar-refractivity contribution in [2.75, 3.05) is 0 Å². The Kier molecular flexibility index (Phi) is 3.83. The molecule has 0 radical (unpaired) electrons. The highest BCUT2D eigenvalue weighted by Gasteiger charge is 2.63. The van der Waals surface area contributed by atoms with Gasteiger partial charge in [-0.2, -0.15) is 0 Å². The first-order valence-electron chi connectivity index (χ1n) is 9.80. The second-order valence-corrected chi connectivity index (χ2v) is 9.55. The Balaban J connectivity index is 1.76. The van der Waals surface area contributed by atoms with Crippen LogP contribution in [0.3, 0.4) is 0 Å². The summed E-state index contributed by atoms with van der Waals surface area (Å²) >= 11 is 0. The van der Waals surface area contributed by atoms with E-state index in [2.05, 4.69) is 13.8 Å². The molecule has 0 bridgehead atoms. The van der Waals surface area contributed by atoms with Crippen molar-refractivity contribution in [2.24, 2.45) is 34.5 Å². The molecule has 0 heterocycles. The normalized spacial score (nSPS) is 52.0. The maximum atomic E-state index is 12.2. The molecule has 3 saturated carbocycles. The largest absolute Gasteiger partial charge is 0.393 e. The van der Waals surface area contributed by atoms with Gasteiger partial charge in [0, 0.05) is 12.3 Å². The minimum Gasteiger partial charge on any atom is -0.393 e. The van der Waals surface area contributed by atoms with Gasteiger partial charge in [0.1, 0.15) is 5.78 Å². The van der Waals surface area contributed by atoms with Gasteiger partial charge >= 0.3 is 0 Å². The number of fused-ring (bicyclic) bond motifs is 5. The highest BCUT2D eigenvalue weighted by Crippen LogP contribution is 2.66. The fraction of sp³-hybridized carbons (Fsp3) is 0.810. The van der Waals surface area contributed by atoms with Gasteiger partial charge in [0.05, 0.1) is 12.2 Å². The van der Waals surface area contributed by atoms with Crippen LogP contribution in [0.5, 0.6) is 0 Å². The summed E-state index contributed by atoms with van der Waals surface area (Å²) in [6.07, 6.45) is 4.99. The lowest BCUT2D eigenvalue weighted by atomic mass is 9.45. The first-order chi connectivity index (χ1) is 11.7. The van der Waals surface area contributed by atoms with Crippen molar-refractivity contribution in [3.05, 3.63) is 11.6 Å². The molecule has 2 N–H and O–H groups in total. The van der Waals surface area contributed by atoms with E-state index in [9.17, 15) is 19.8 Å². The van der Waals surface area contributed by atoms with Gasteiger partial charge < -0.3 is 10.2 Å². The maximum Gasteiger partial charge on any atom is 0.155 e. The van der Waals surface area contributed by atoms with Gasteiger partial charge in [-0.05, 0) is 79.3 Å². The highest BCUT2D eigenvalue weighted by atomic mass is 16.3. The minimum atomic E-state index is -0.596. The molecule has 0 aliphatic heterocycles. The quantitative estimate of drug-likeness (QED) is 0.765. The molecule has 0 unspecified atom stereocenters. The van der Waals surface area contributed by atoms with Gasteiger partial charge in [0.25, 0.3) is 0 Å². The highest BCUT2D eigenvalue weighted by molar-refractivity contribution is 5.92. The summed E-state index contributed by atoms with van der Waals surface area (Å²) in [5.41, 5.74) is 0.383. The van der Waals surface area contributed by atoms with E-state index in [4.69, 9.17) is 0 Å². The Morgan fingerprint density at radius 1 is 1.24 bits per heavy atom. The van der Waals surface area contributed by atoms with Crippen molar-refractivity contribution < 1.29 is 19.8 Å². The van der Waals surface area contributed by atoms with Gasteiger partial charge in [0.2, 0.25) is 0 Å². The Morgan fingerprint density at radius 3 is 2.64 bits per heavy atom. The molecule has 4 aliphatic carbocycles. The van der Waals surface area contributed by atoms with Crippen molar-refractivity contribution in [1.82, 2.24) is 0 Å². The SMILES string of the molecule is CC(=O)[C@@H]1CC[C@@H]2[C@@H]3C[C@H](O)C4=CC(=O)CC[C@]4(C)[C@@H]3[C@H](O)C[C@@]21C. The summed E-state index contributed by atoms with van der Waals surface area (Å²) in [6, 6.07) is 0. The van der Waals surface area contributed by atoms with Gasteiger partial charge in [-0.15, -0.1) is 0 Å². The molecule has 0 amide bonds. The fourth-order valence-electron chi connectivity index (χ4n) is 7.41. The van der Waals surface area contributed by atoms with Crippen molar-refractivity contribution >= 4 is 11.6 Å². The van der Waals surface area contributed by atoms with Crippen LogP contribution < -0.4 is 0 Å². The van der Waals surface area contributed by atoms with Gasteiger partial charge in [-0.3, -0.25) is 9.59 Å². The van der Waals surface area contributed by atoms with Gasteiger partial charge in [-0.1, -0.05) is 13.8 Å². The van der Waals surface area contributed by atoms with Gasteiger partial charge in [0.15, 0.2) is 5.78 Å². The zero-order valence-electron chi connectivity index (χ0n) is 15.5. The third-order valence-electron chi connectivity index (χ3n) is 8.40. The zero-order chi connectivity index (χ0) is 18.1. The molecular weight excluding hydrogens is 316 g/mol. The fourth-order valence-corrected chi connectivity index (χ4v) is 7.41. The number of carbonyl (C=O) groups is 2. The molecule has 4 nitrogen and oxygen atoms in total. The number of aliphatic hydroxyl groups is 2. The van der Waals surface area contributed by atoms with Crippen molar-refractivity contribution in [2.45, 2.75) is 71.5 Å². The van der Waals surface area contributed by atoms with E-state index >= 15 is 0 Å². The van der Waals surface area contributed by atoms with Crippen LogP contribution in [-0.2, 0) is 9.59 Å². The molecular formula is C21H30O4. The lowest BCUT2D eigenvalue weighted by Crippen LogP contribution is -2.59. The molecule has 0 saturated heterocycles. The van der Waals surface area contributed by atoms with Crippen molar-refractivity contribution in [3.8, 4) is 0 Å². The van der Waals surface area contributed by atoms with Crippen molar-refractivity contribution in [3.63, 3.8) is 0 Å². The number of Topliss-reactive ketones (excluding diaryl/α,β-unsaturated/α-hetero) is 1. The Morgan fingerprint density at radius 2 is 1.96 bits per heavy atom. The van der Waals surface area contributed by atoms with Crippen LogP contribution in [-0.4, -0.2) is 34.0 Å². The van der Waals surface area contributed by atoms with Crippen LogP contribution in [0.15, 0.2) is 11.6 Å². The number of hydrogen-bond acceptors (Lipinski definition) is 4. The van der Waals surface area contributed by atoms with Crippen LogP contribution in [0, 0.1) is 34.5 Å². The first-order valence-corrected chi connectivity index (χ1v) is 9.80. The smallest absolute Gasteiger partial charge is 0.155 e. The molecule has 4 aliphatic rings. The third-order valence-corrected chi connectivity index (χ3v) is 8.40. The number of carbonyl (C=O) groups excluding carboxylic acids is 2. The number of hydrogen-bond donors (Lipinski definition) is 2. The number of rotatable bonds is 1. The van der Waals surface area contributed by atoms with E-state index in [1.54, 1.807) is 13.0 Å². The van der Waals surface area contributed by atoms with E-state index < -0.39 is 12.2 Å². The molecule has 0 spiro atoms. The van der Waals surface area contributed by atoms with E-state index in [1.807, 2.05) is 0 Å². The van der Waals surface area contributed by atoms with Crippen LogP contribution in [0.4, 0.5) is 0 Å². The van der Waals surface area contributed by atoms with Crippen LogP contribution in [0.1, 0.15) is 59.3 Å². The summed E-state index contributed by atoms with van der Waals surface area (Å²) in [7, 11) is 0. The summed E-state index contributed by atoms with van der Waals surface area (Å²) < 4.78 is 0. The Labute approximate surface area is 149 Å². The first kappa shape index (κ1) is 17.4. The van der Waals surface area contributed by atoms with E-state index in [-0.39, 0.29) is 40.2 Å². The molecule has 8 atom stereocenters. The second kappa shape index (κ2) is 5.50. The molecule has 25 heavy (non-hydrogen) atoms. The molecule has 4 rings (SSSR count). The Hall–Kier alpha value is -1.00. The van der Waals surface area contributed by atoms with Crippen LogP contribution in [0.2, 0.25) is 0 Å². The average Bonchev–Trinajstić information content (AvgIpc) is 2.85. The molecule has 0 aromatic carbocycles. The van der Waals surface area contributed by atoms with Gasteiger partial charge in [-0.25, -0.2) is 0 Å². The second-order valence-electron chi connectivity index (χ2n) is 9.55. The average molecular weight is 346 g/mol. The van der Waals surface area contributed by atoms with Crippen LogP contribution >= 0.6 is 0 Å². The summed E-state index contributed by atoms with van der Waals surface area (Å²) in [5.74, 6) is 1.05. The summed E-state index contributed by atoms with van der Waals surface area (Å²) in [4.78, 5) is 24.1. The predicted molar refractivity (Wildman–Crippen MR) is 93.7 cm³/mol. The molecule has 138 valence electrons. The molecule has 3 fully saturated rings. The summed E-state index contributed by atoms with van der Waals surface area (Å²) in [6.45, 7) is 6.00. The van der Waals surface area contributed by atoms with E-state index in [0.29, 0.717) is 31.6 Å². The standard InChI is InChI=1S/C21H30O4/c1-11(22)14-4-5-15-13-9-17(24)16-8-12(23)6-7-20(16,2)19(13)18(25)10-21(14,15)3/h8,13-15,17-19,24-25H,4-7,9-10H2,1-3H3/t13-,14-,15+,17-,18+,19-,20-,21+/m0/s1. The summed E-state index contributed by atoms with van der Waals surface area (Å²) in [5, 5.41) is 22.0. The number of aliphatic hydroxyl groups excluding tert-OH is 2. The predicted octanol–water partition coefficient (Wildman–Crippen LogP) is 2.67. The minimum absolute atomic E-state index is 0.0305. The zero-order valence-corrected chi connectivity index (χ0v) is 15.5. The molecule has 4 heteroatoms. The van der Waals surface area contributed by atoms with E-state index in [1.165, 1.54) is 0 Å². The van der Waals surface area contributed by atoms with E-state index in [0.717, 1.165) is 18.4 Å².